The first-order valence-corrected chi connectivity index (χ1v) is 6.00. The molecule has 0 aliphatic heterocycles. The molecule has 1 aromatic heterocycles. The van der Waals surface area contributed by atoms with E-state index in [0.717, 1.165) is 16.0 Å². The number of nitrogens with two attached hydrogens (primary N) is 1. The number of aromatic nitrogens is 1. The number of hydrogen-bond donors (Lipinski definition) is 1. The lowest BCUT2D eigenvalue weighted by molar-refractivity contribution is 0.659. The van der Waals surface area contributed by atoms with E-state index in [2.05, 4.69) is 4.98 Å². The molecule has 66 valence electrons. The fourth-order valence-corrected chi connectivity index (χ4v) is 2.86. The highest BCUT2D eigenvalue weighted by Crippen LogP contribution is 2.34. The average molecular weight is 200 g/mol. The molecular weight excluding hydrogens is 188 g/mol. The van der Waals surface area contributed by atoms with Crippen molar-refractivity contribution in [2.45, 2.75) is 23.2 Å². The Labute approximate surface area is 80.6 Å². The third kappa shape index (κ3) is 2.21. The van der Waals surface area contributed by atoms with Crippen molar-refractivity contribution in [3.63, 3.8) is 0 Å². The molecular formula is C8H12N2S2. The summed E-state index contributed by atoms with van der Waals surface area (Å²) in [6, 6.07) is 0.388. The van der Waals surface area contributed by atoms with Crippen molar-refractivity contribution >= 4 is 23.1 Å². The second-order valence-electron chi connectivity index (χ2n) is 3.11. The zero-order chi connectivity index (χ0) is 8.39. The third-order valence-corrected chi connectivity index (χ3v) is 4.15. The SMILES string of the molecule is NC(CSc1nccs1)C1CC1. The number of hydrogen-bond acceptors (Lipinski definition) is 4. The van der Waals surface area contributed by atoms with Gasteiger partial charge in [0, 0.05) is 23.4 Å². The van der Waals surface area contributed by atoms with Crippen LogP contribution in [0.3, 0.4) is 0 Å². The van der Waals surface area contributed by atoms with Crippen molar-refractivity contribution in [3.05, 3.63) is 11.6 Å². The Hall–Kier alpha value is -0.0600. The number of nitrogens with zero attached hydrogens (tertiary/aromatic N) is 1. The Morgan fingerprint density at radius 3 is 3.17 bits per heavy atom. The van der Waals surface area contributed by atoms with E-state index in [4.69, 9.17) is 5.73 Å². The van der Waals surface area contributed by atoms with E-state index in [9.17, 15) is 0 Å². The van der Waals surface area contributed by atoms with Crippen molar-refractivity contribution in [3.8, 4) is 0 Å². The molecule has 1 unspecified atom stereocenters. The van der Waals surface area contributed by atoms with Crippen LogP contribution in [0.25, 0.3) is 0 Å². The lowest BCUT2D eigenvalue weighted by Crippen LogP contribution is -2.24. The highest BCUT2D eigenvalue weighted by Gasteiger charge is 2.28. The summed E-state index contributed by atoms with van der Waals surface area (Å²) >= 11 is 3.48. The Bertz CT molecular complexity index is 231. The lowest BCUT2D eigenvalue weighted by atomic mass is 10.2. The van der Waals surface area contributed by atoms with Gasteiger partial charge in [0.1, 0.15) is 4.34 Å². The third-order valence-electron chi connectivity index (χ3n) is 2.04. The fraction of sp³-hybridized carbons (Fsp3) is 0.625. The molecule has 0 bridgehead atoms. The van der Waals surface area contributed by atoms with Gasteiger partial charge in [-0.15, -0.1) is 11.3 Å². The van der Waals surface area contributed by atoms with E-state index in [1.54, 1.807) is 23.1 Å². The zero-order valence-corrected chi connectivity index (χ0v) is 8.40. The van der Waals surface area contributed by atoms with Gasteiger partial charge in [-0.1, -0.05) is 11.8 Å². The van der Waals surface area contributed by atoms with Crippen LogP contribution >= 0.6 is 23.1 Å². The predicted molar refractivity (Wildman–Crippen MR) is 53.5 cm³/mol. The van der Waals surface area contributed by atoms with Crippen LogP contribution in [-0.4, -0.2) is 16.8 Å². The second-order valence-corrected chi connectivity index (χ2v) is 5.27. The van der Waals surface area contributed by atoms with Gasteiger partial charge in [0.05, 0.1) is 0 Å². The molecule has 0 aromatic carbocycles. The molecule has 0 spiro atoms. The second kappa shape index (κ2) is 3.77. The summed E-state index contributed by atoms with van der Waals surface area (Å²) in [5, 5.41) is 2.00. The normalized spacial score (nSPS) is 19.4. The molecule has 0 radical (unpaired) electrons. The molecule has 0 saturated heterocycles. The summed E-state index contributed by atoms with van der Waals surface area (Å²) in [7, 11) is 0. The molecule has 2 nitrogen and oxygen atoms in total. The van der Waals surface area contributed by atoms with Crippen LogP contribution in [-0.2, 0) is 0 Å². The average Bonchev–Trinajstić information content (AvgIpc) is 2.80. The van der Waals surface area contributed by atoms with Crippen LogP contribution in [0, 0.1) is 5.92 Å². The Kier molecular flexibility index (Phi) is 2.68. The molecule has 1 aliphatic carbocycles. The van der Waals surface area contributed by atoms with Gasteiger partial charge in [-0.05, 0) is 18.8 Å². The summed E-state index contributed by atoms with van der Waals surface area (Å²) in [4.78, 5) is 4.19. The van der Waals surface area contributed by atoms with Gasteiger partial charge in [-0.2, -0.15) is 0 Å². The van der Waals surface area contributed by atoms with E-state index in [1.165, 1.54) is 12.8 Å². The van der Waals surface area contributed by atoms with Crippen LogP contribution in [0.2, 0.25) is 0 Å². The highest BCUT2D eigenvalue weighted by atomic mass is 32.2. The summed E-state index contributed by atoms with van der Waals surface area (Å²) in [6.07, 6.45) is 4.51. The Balaban J connectivity index is 1.74. The maximum atomic E-state index is 5.95. The van der Waals surface area contributed by atoms with E-state index in [-0.39, 0.29) is 0 Å². The fourth-order valence-electron chi connectivity index (χ4n) is 1.11. The molecule has 1 aliphatic rings. The quantitative estimate of drug-likeness (QED) is 0.755. The van der Waals surface area contributed by atoms with Gasteiger partial charge in [0.25, 0.3) is 0 Å². The number of rotatable bonds is 4. The minimum absolute atomic E-state index is 0.388. The summed E-state index contributed by atoms with van der Waals surface area (Å²) in [5.41, 5.74) is 5.95. The van der Waals surface area contributed by atoms with Crippen molar-refractivity contribution in [2.24, 2.45) is 11.7 Å². The largest absolute Gasteiger partial charge is 0.327 e. The minimum atomic E-state index is 0.388. The van der Waals surface area contributed by atoms with Crippen LogP contribution in [0.4, 0.5) is 0 Å². The smallest absolute Gasteiger partial charge is 0.149 e. The van der Waals surface area contributed by atoms with E-state index >= 15 is 0 Å². The Morgan fingerprint density at radius 2 is 2.58 bits per heavy atom. The summed E-state index contributed by atoms with van der Waals surface area (Å²) in [6.45, 7) is 0. The number of thiazole rings is 1. The minimum Gasteiger partial charge on any atom is -0.327 e. The Morgan fingerprint density at radius 1 is 1.75 bits per heavy atom. The predicted octanol–water partition coefficient (Wildman–Crippen LogP) is 1.97. The standard InChI is InChI=1S/C8H12N2S2/c9-7(6-1-2-6)5-12-8-10-3-4-11-8/h3-4,6-7H,1-2,5,9H2. The highest BCUT2D eigenvalue weighted by molar-refractivity contribution is 8.01. The van der Waals surface area contributed by atoms with Crippen molar-refractivity contribution in [1.29, 1.82) is 0 Å². The summed E-state index contributed by atoms with van der Waals surface area (Å²) in [5.74, 6) is 1.83. The van der Waals surface area contributed by atoms with Gasteiger partial charge in [-0.3, -0.25) is 0 Å². The number of thioether (sulfide) groups is 1. The molecule has 2 N–H and O–H groups in total. The van der Waals surface area contributed by atoms with Crippen molar-refractivity contribution in [2.75, 3.05) is 5.75 Å². The zero-order valence-electron chi connectivity index (χ0n) is 6.77. The molecule has 0 amide bonds. The van der Waals surface area contributed by atoms with Crippen LogP contribution < -0.4 is 5.73 Å². The first-order valence-electron chi connectivity index (χ1n) is 4.14. The first-order chi connectivity index (χ1) is 5.86. The molecule has 1 saturated carbocycles. The maximum Gasteiger partial charge on any atom is 0.149 e. The van der Waals surface area contributed by atoms with Gasteiger partial charge >= 0.3 is 0 Å². The molecule has 1 aromatic rings. The molecule has 1 heterocycles. The van der Waals surface area contributed by atoms with Gasteiger partial charge in [0.2, 0.25) is 0 Å². The van der Waals surface area contributed by atoms with E-state index in [0.29, 0.717) is 6.04 Å². The molecule has 4 heteroatoms. The van der Waals surface area contributed by atoms with Crippen LogP contribution in [0.15, 0.2) is 15.9 Å². The molecule has 1 atom stereocenters. The van der Waals surface area contributed by atoms with Crippen LogP contribution in [0.1, 0.15) is 12.8 Å². The van der Waals surface area contributed by atoms with Crippen molar-refractivity contribution < 1.29 is 0 Å². The molecule has 1 fully saturated rings. The first kappa shape index (κ1) is 8.53. The monoisotopic (exact) mass is 200 g/mol. The lowest BCUT2D eigenvalue weighted by Gasteiger charge is -2.06. The van der Waals surface area contributed by atoms with Crippen LogP contribution in [0.5, 0.6) is 0 Å². The van der Waals surface area contributed by atoms with Gasteiger partial charge in [0.15, 0.2) is 0 Å². The van der Waals surface area contributed by atoms with Gasteiger partial charge in [-0.25, -0.2) is 4.98 Å². The topological polar surface area (TPSA) is 38.9 Å². The molecule has 12 heavy (non-hydrogen) atoms. The van der Waals surface area contributed by atoms with Gasteiger partial charge < -0.3 is 5.73 Å². The molecule has 2 rings (SSSR count). The maximum absolute atomic E-state index is 5.95. The van der Waals surface area contributed by atoms with E-state index in [1.807, 2.05) is 11.6 Å². The van der Waals surface area contributed by atoms with Crippen molar-refractivity contribution in [1.82, 2.24) is 4.98 Å². The van der Waals surface area contributed by atoms with E-state index < -0.39 is 0 Å². The summed E-state index contributed by atoms with van der Waals surface area (Å²) < 4.78 is 1.14.